The van der Waals surface area contributed by atoms with E-state index in [1.807, 2.05) is 53.4 Å². The number of amides is 2. The average Bonchev–Trinajstić information content (AvgIpc) is 2.76. The van der Waals surface area contributed by atoms with Crippen molar-refractivity contribution in [3.8, 4) is 5.75 Å². The molecule has 5 nitrogen and oxygen atoms in total. The summed E-state index contributed by atoms with van der Waals surface area (Å²) in [6, 6.07) is 15.2. The van der Waals surface area contributed by atoms with Crippen LogP contribution in [-0.4, -0.2) is 36.4 Å². The summed E-state index contributed by atoms with van der Waals surface area (Å²) < 4.78 is 5.50. The quantitative estimate of drug-likeness (QED) is 0.622. The standard InChI is InChI=1S/C24H30N2O3/c1-3-5-15-25(16-6-4-2)24(28)20-13-11-19(12-14-20)17-26-21-9-7-8-10-22(21)29-18-23(26)27/h7-14H,3-6,15-18H2,1-2H3. The number of carbonyl (C=O) groups is 2. The number of anilines is 1. The van der Waals surface area contributed by atoms with Crippen LogP contribution < -0.4 is 9.64 Å². The van der Waals surface area contributed by atoms with Crippen LogP contribution in [0.5, 0.6) is 5.75 Å². The normalized spacial score (nSPS) is 13.0. The van der Waals surface area contributed by atoms with Gasteiger partial charge in [-0.25, -0.2) is 0 Å². The minimum Gasteiger partial charge on any atom is -0.482 e. The highest BCUT2D eigenvalue weighted by Crippen LogP contribution is 2.32. The highest BCUT2D eigenvalue weighted by Gasteiger charge is 2.25. The number of benzene rings is 2. The van der Waals surface area contributed by atoms with E-state index in [1.165, 1.54) is 0 Å². The van der Waals surface area contributed by atoms with Crippen molar-refractivity contribution < 1.29 is 14.3 Å². The van der Waals surface area contributed by atoms with E-state index in [4.69, 9.17) is 4.74 Å². The van der Waals surface area contributed by atoms with E-state index >= 15 is 0 Å². The lowest BCUT2D eigenvalue weighted by Crippen LogP contribution is -2.38. The van der Waals surface area contributed by atoms with E-state index in [9.17, 15) is 9.59 Å². The number of hydrogen-bond donors (Lipinski definition) is 0. The lowest BCUT2D eigenvalue weighted by molar-refractivity contribution is -0.121. The van der Waals surface area contributed by atoms with Crippen LogP contribution in [0.2, 0.25) is 0 Å². The zero-order valence-corrected chi connectivity index (χ0v) is 17.4. The Balaban J connectivity index is 1.71. The lowest BCUT2D eigenvalue weighted by Gasteiger charge is -2.29. The molecule has 2 aromatic rings. The van der Waals surface area contributed by atoms with Gasteiger partial charge in [-0.2, -0.15) is 0 Å². The van der Waals surface area contributed by atoms with E-state index in [2.05, 4.69) is 13.8 Å². The van der Waals surface area contributed by atoms with Crippen LogP contribution in [-0.2, 0) is 11.3 Å². The van der Waals surface area contributed by atoms with Gasteiger partial charge < -0.3 is 14.5 Å². The fraction of sp³-hybridized carbons (Fsp3) is 0.417. The van der Waals surface area contributed by atoms with Gasteiger partial charge in [-0.3, -0.25) is 9.59 Å². The second-order valence-corrected chi connectivity index (χ2v) is 7.43. The average molecular weight is 395 g/mol. The number of unbranched alkanes of at least 4 members (excludes halogenated alkanes) is 2. The van der Waals surface area contributed by atoms with Crippen molar-refractivity contribution in [3.05, 3.63) is 59.7 Å². The molecule has 0 fully saturated rings. The van der Waals surface area contributed by atoms with Crippen molar-refractivity contribution in [3.63, 3.8) is 0 Å². The maximum atomic E-state index is 12.9. The van der Waals surface area contributed by atoms with Crippen LogP contribution in [0.4, 0.5) is 5.69 Å². The number of para-hydroxylation sites is 2. The summed E-state index contributed by atoms with van der Waals surface area (Å²) in [6.45, 7) is 6.40. The Kier molecular flexibility index (Phi) is 7.28. The molecular weight excluding hydrogens is 364 g/mol. The van der Waals surface area contributed by atoms with Gasteiger partial charge in [0.2, 0.25) is 0 Å². The first-order valence-corrected chi connectivity index (χ1v) is 10.5. The van der Waals surface area contributed by atoms with Crippen LogP contribution in [0.1, 0.15) is 55.5 Å². The molecule has 0 spiro atoms. The summed E-state index contributed by atoms with van der Waals surface area (Å²) in [7, 11) is 0. The number of ether oxygens (including phenoxy) is 1. The molecule has 0 radical (unpaired) electrons. The van der Waals surface area contributed by atoms with E-state index in [0.717, 1.165) is 55.8 Å². The summed E-state index contributed by atoms with van der Waals surface area (Å²) in [5, 5.41) is 0. The van der Waals surface area contributed by atoms with Crippen LogP contribution in [0.25, 0.3) is 0 Å². The number of nitrogens with zero attached hydrogens (tertiary/aromatic N) is 2. The summed E-state index contributed by atoms with van der Waals surface area (Å²) in [5.74, 6) is 0.752. The lowest BCUT2D eigenvalue weighted by atomic mass is 10.1. The summed E-state index contributed by atoms with van der Waals surface area (Å²) in [5.41, 5.74) is 2.48. The third-order valence-electron chi connectivity index (χ3n) is 5.20. The van der Waals surface area contributed by atoms with Gasteiger partial charge in [0, 0.05) is 18.7 Å². The molecule has 1 aliphatic rings. The molecule has 5 heteroatoms. The molecule has 0 bridgehead atoms. The third kappa shape index (κ3) is 5.17. The van der Waals surface area contributed by atoms with Crippen molar-refractivity contribution in [2.24, 2.45) is 0 Å². The molecule has 2 aromatic carbocycles. The van der Waals surface area contributed by atoms with Gasteiger partial charge in [-0.05, 0) is 42.7 Å². The summed E-state index contributed by atoms with van der Waals surface area (Å²) in [6.07, 6.45) is 4.19. The van der Waals surface area contributed by atoms with Gasteiger partial charge in [-0.1, -0.05) is 51.0 Å². The Morgan fingerprint density at radius 3 is 2.31 bits per heavy atom. The summed E-state index contributed by atoms with van der Waals surface area (Å²) in [4.78, 5) is 29.0. The fourth-order valence-electron chi connectivity index (χ4n) is 3.46. The highest BCUT2D eigenvalue weighted by molar-refractivity contribution is 5.98. The van der Waals surface area contributed by atoms with E-state index in [0.29, 0.717) is 12.1 Å². The van der Waals surface area contributed by atoms with Gasteiger partial charge >= 0.3 is 0 Å². The van der Waals surface area contributed by atoms with Crippen LogP contribution in [0.3, 0.4) is 0 Å². The minimum atomic E-state index is -0.0610. The first kappa shape index (κ1) is 20.9. The smallest absolute Gasteiger partial charge is 0.265 e. The van der Waals surface area contributed by atoms with E-state index in [-0.39, 0.29) is 18.4 Å². The molecule has 0 atom stereocenters. The van der Waals surface area contributed by atoms with Crippen molar-refractivity contribution in [2.45, 2.75) is 46.1 Å². The predicted molar refractivity (Wildman–Crippen MR) is 115 cm³/mol. The van der Waals surface area contributed by atoms with Crippen molar-refractivity contribution in [1.82, 2.24) is 4.90 Å². The molecule has 2 amide bonds. The number of fused-ring (bicyclic) bond motifs is 1. The van der Waals surface area contributed by atoms with Crippen LogP contribution in [0.15, 0.2) is 48.5 Å². The predicted octanol–water partition coefficient (Wildman–Crippen LogP) is 4.65. The molecule has 1 heterocycles. The first-order valence-electron chi connectivity index (χ1n) is 10.5. The van der Waals surface area contributed by atoms with Crippen molar-refractivity contribution in [2.75, 3.05) is 24.6 Å². The Labute approximate surface area is 173 Å². The van der Waals surface area contributed by atoms with E-state index in [1.54, 1.807) is 4.90 Å². The van der Waals surface area contributed by atoms with Crippen molar-refractivity contribution >= 4 is 17.5 Å². The molecule has 29 heavy (non-hydrogen) atoms. The molecule has 3 rings (SSSR count). The fourth-order valence-corrected chi connectivity index (χ4v) is 3.46. The van der Waals surface area contributed by atoms with Crippen LogP contribution >= 0.6 is 0 Å². The molecule has 0 saturated carbocycles. The monoisotopic (exact) mass is 394 g/mol. The van der Waals surface area contributed by atoms with Crippen molar-refractivity contribution in [1.29, 1.82) is 0 Å². The first-order chi connectivity index (χ1) is 14.1. The molecule has 1 aliphatic heterocycles. The topological polar surface area (TPSA) is 49.9 Å². The summed E-state index contributed by atoms with van der Waals surface area (Å²) >= 11 is 0. The highest BCUT2D eigenvalue weighted by atomic mass is 16.5. The molecule has 0 N–H and O–H groups in total. The van der Waals surface area contributed by atoms with Crippen LogP contribution in [0, 0.1) is 0 Å². The van der Waals surface area contributed by atoms with E-state index < -0.39 is 0 Å². The maximum Gasteiger partial charge on any atom is 0.265 e. The van der Waals surface area contributed by atoms with Gasteiger partial charge in [0.05, 0.1) is 12.2 Å². The SMILES string of the molecule is CCCCN(CCCC)C(=O)c1ccc(CN2C(=O)COc3ccccc32)cc1. The zero-order chi connectivity index (χ0) is 20.6. The number of hydrogen-bond acceptors (Lipinski definition) is 3. The maximum absolute atomic E-state index is 12.9. The Morgan fingerprint density at radius 2 is 1.66 bits per heavy atom. The molecule has 0 saturated heterocycles. The largest absolute Gasteiger partial charge is 0.482 e. The van der Waals surface area contributed by atoms with Gasteiger partial charge in [0.25, 0.3) is 11.8 Å². The molecule has 154 valence electrons. The Hall–Kier alpha value is -2.82. The third-order valence-corrected chi connectivity index (χ3v) is 5.20. The molecule has 0 unspecified atom stereocenters. The number of carbonyl (C=O) groups excluding carboxylic acids is 2. The minimum absolute atomic E-state index is 0.0530. The van der Waals surface area contributed by atoms with Gasteiger partial charge in [0.1, 0.15) is 5.75 Å². The number of rotatable bonds is 9. The Bertz CT molecular complexity index is 824. The molecular formula is C24H30N2O3. The zero-order valence-electron chi connectivity index (χ0n) is 17.4. The van der Waals surface area contributed by atoms with Gasteiger partial charge in [-0.15, -0.1) is 0 Å². The van der Waals surface area contributed by atoms with Gasteiger partial charge in [0.15, 0.2) is 6.61 Å². The molecule has 0 aromatic heterocycles. The molecule has 0 aliphatic carbocycles. The second kappa shape index (κ2) is 10.1. The second-order valence-electron chi connectivity index (χ2n) is 7.43. The Morgan fingerprint density at radius 1 is 1.00 bits per heavy atom.